The molecule has 5 heteroatoms. The maximum atomic E-state index is 11.2. The monoisotopic (exact) mass is 191 g/mol. The minimum absolute atomic E-state index is 0.0408. The first-order valence-corrected chi connectivity index (χ1v) is 5.00. The summed E-state index contributed by atoms with van der Waals surface area (Å²) in [6.07, 6.45) is 2.11. The molecule has 0 unspecified atom stereocenters. The highest BCUT2D eigenvalue weighted by molar-refractivity contribution is 7.93. The Balaban J connectivity index is 2.23. The van der Waals surface area contributed by atoms with E-state index in [9.17, 15) is 4.79 Å². The van der Waals surface area contributed by atoms with Crippen molar-refractivity contribution in [2.75, 3.05) is 26.0 Å². The van der Waals surface area contributed by atoms with Crippen LogP contribution in [0.2, 0.25) is 0 Å². The van der Waals surface area contributed by atoms with Gasteiger partial charge in [-0.15, -0.1) is 0 Å². The molecule has 1 rings (SSSR count). The van der Waals surface area contributed by atoms with E-state index in [1.54, 1.807) is 11.2 Å². The molecule has 1 fully saturated rings. The van der Waals surface area contributed by atoms with Gasteiger partial charge in [0.2, 0.25) is 5.91 Å². The van der Waals surface area contributed by atoms with Crippen molar-refractivity contribution in [1.29, 1.82) is 0 Å². The van der Waals surface area contributed by atoms with Crippen molar-refractivity contribution in [3.05, 3.63) is 0 Å². The van der Waals surface area contributed by atoms with E-state index in [4.69, 9.17) is 9.29 Å². The van der Waals surface area contributed by atoms with E-state index in [1.165, 1.54) is 12.0 Å². The molecule has 70 valence electrons. The number of hydrogen-bond donors (Lipinski definition) is 1. The molecule has 0 aromatic rings. The number of carbonyl (C=O) groups is 1. The van der Waals surface area contributed by atoms with Crippen LogP contribution < -0.4 is 0 Å². The Labute approximate surface area is 76.1 Å². The van der Waals surface area contributed by atoms with Crippen LogP contribution in [0.5, 0.6) is 0 Å². The first-order chi connectivity index (χ1) is 5.74. The molecule has 12 heavy (non-hydrogen) atoms. The summed E-state index contributed by atoms with van der Waals surface area (Å²) in [6, 6.07) is 0. The summed E-state index contributed by atoms with van der Waals surface area (Å²) in [5, 5.41) is 9.13. The zero-order valence-corrected chi connectivity index (χ0v) is 7.84. The Morgan fingerprint density at radius 1 is 1.83 bits per heavy atom. The Kier molecular flexibility index (Phi) is 3.84. The third-order valence-corrected chi connectivity index (χ3v) is 2.17. The van der Waals surface area contributed by atoms with Gasteiger partial charge < -0.3 is 14.2 Å². The van der Waals surface area contributed by atoms with Gasteiger partial charge in [0.05, 0.1) is 6.10 Å². The molecule has 1 aliphatic rings. The number of hydrogen-bond acceptors (Lipinski definition) is 4. The number of rotatable bonds is 3. The second-order valence-electron chi connectivity index (χ2n) is 2.71. The highest BCUT2D eigenvalue weighted by atomic mass is 32.2. The lowest BCUT2D eigenvalue weighted by Gasteiger charge is -2.14. The molecule has 1 N–H and O–H groups in total. The normalized spacial score (nSPS) is 23.2. The van der Waals surface area contributed by atoms with Gasteiger partial charge in [0.15, 0.2) is 0 Å². The Bertz CT molecular complexity index is 165. The van der Waals surface area contributed by atoms with Gasteiger partial charge in [-0.2, -0.15) is 0 Å². The molecule has 0 spiro atoms. The van der Waals surface area contributed by atoms with Gasteiger partial charge in [-0.05, 0) is 18.5 Å². The minimum atomic E-state index is -0.344. The molecule has 4 nitrogen and oxygen atoms in total. The van der Waals surface area contributed by atoms with Crippen LogP contribution in [0.4, 0.5) is 0 Å². The largest absolute Gasteiger partial charge is 0.391 e. The Morgan fingerprint density at radius 3 is 3.08 bits per heavy atom. The summed E-state index contributed by atoms with van der Waals surface area (Å²) in [5.41, 5.74) is 0. The molecule has 0 radical (unpaired) electrons. The first kappa shape index (κ1) is 9.83. The summed E-state index contributed by atoms with van der Waals surface area (Å²) in [4.78, 5) is 12.9. The maximum absolute atomic E-state index is 11.2. The lowest BCUT2D eigenvalue weighted by molar-refractivity contribution is -0.132. The van der Waals surface area contributed by atoms with Crippen molar-refractivity contribution in [3.8, 4) is 0 Å². The molecule has 1 saturated heterocycles. The van der Waals surface area contributed by atoms with Crippen LogP contribution in [0, 0.1) is 0 Å². The van der Waals surface area contributed by atoms with Crippen molar-refractivity contribution in [1.82, 2.24) is 4.90 Å². The van der Waals surface area contributed by atoms with Crippen LogP contribution in [0.1, 0.15) is 6.42 Å². The molecule has 0 aliphatic carbocycles. The van der Waals surface area contributed by atoms with Crippen LogP contribution in [0.3, 0.4) is 0 Å². The minimum Gasteiger partial charge on any atom is -0.391 e. The molecule has 0 bridgehead atoms. The third-order valence-electron chi connectivity index (χ3n) is 1.82. The van der Waals surface area contributed by atoms with Gasteiger partial charge >= 0.3 is 0 Å². The summed E-state index contributed by atoms with van der Waals surface area (Å²) < 4.78 is 4.89. The quantitative estimate of drug-likeness (QED) is 0.632. The summed E-state index contributed by atoms with van der Waals surface area (Å²) in [6.45, 7) is 1.21. The van der Waals surface area contributed by atoms with E-state index >= 15 is 0 Å². The van der Waals surface area contributed by atoms with Crippen LogP contribution >= 0.6 is 12.0 Å². The number of β-amino-alcohol motifs (C(OH)–C–C–N with tert-alkyl or cyclic N) is 1. The van der Waals surface area contributed by atoms with Crippen molar-refractivity contribution < 1.29 is 14.1 Å². The molecule has 0 aromatic heterocycles. The molecule has 0 aromatic carbocycles. The number of nitrogens with zero attached hydrogens (tertiary/aromatic N) is 1. The topological polar surface area (TPSA) is 49.8 Å². The van der Waals surface area contributed by atoms with E-state index in [1.807, 2.05) is 0 Å². The molecule has 1 aliphatic heterocycles. The average molecular weight is 191 g/mol. The van der Waals surface area contributed by atoms with E-state index in [2.05, 4.69) is 0 Å². The predicted molar refractivity (Wildman–Crippen MR) is 46.7 cm³/mol. The number of carbonyl (C=O) groups excluding carboxylic acids is 1. The second-order valence-corrected chi connectivity index (χ2v) is 3.28. The molecule has 1 amide bonds. The van der Waals surface area contributed by atoms with Gasteiger partial charge in [0.1, 0.15) is 6.61 Å². The molecule has 1 atom stereocenters. The molecular weight excluding hydrogens is 178 g/mol. The van der Waals surface area contributed by atoms with Crippen LogP contribution in [-0.2, 0) is 8.98 Å². The van der Waals surface area contributed by atoms with E-state index in [0.717, 1.165) is 0 Å². The zero-order chi connectivity index (χ0) is 8.97. The second kappa shape index (κ2) is 4.69. The van der Waals surface area contributed by atoms with E-state index < -0.39 is 0 Å². The van der Waals surface area contributed by atoms with Crippen molar-refractivity contribution >= 4 is 17.9 Å². The van der Waals surface area contributed by atoms with E-state index in [-0.39, 0.29) is 18.6 Å². The number of likely N-dealkylation sites (tertiary alicyclic amines) is 1. The van der Waals surface area contributed by atoms with E-state index in [0.29, 0.717) is 19.5 Å². The zero-order valence-electron chi connectivity index (χ0n) is 7.02. The number of aliphatic hydroxyl groups excluding tert-OH is 1. The van der Waals surface area contributed by atoms with Crippen molar-refractivity contribution in [3.63, 3.8) is 0 Å². The third kappa shape index (κ3) is 2.66. The van der Waals surface area contributed by atoms with Gasteiger partial charge in [-0.3, -0.25) is 4.79 Å². The lowest BCUT2D eigenvalue weighted by atomic mass is 10.3. The van der Waals surface area contributed by atoms with Crippen LogP contribution in [0.25, 0.3) is 0 Å². The molecular formula is C7H13NO3S. The van der Waals surface area contributed by atoms with Gasteiger partial charge in [0, 0.05) is 19.3 Å². The fraction of sp³-hybridized carbons (Fsp3) is 0.857. The standard InChI is InChI=1S/C7H13NO3S/c1-12-11-5-7(10)8-3-2-6(9)4-8/h6,9H,2-5H2,1H3/t6-/m0/s1. The van der Waals surface area contributed by atoms with Crippen molar-refractivity contribution in [2.24, 2.45) is 0 Å². The van der Waals surface area contributed by atoms with Crippen molar-refractivity contribution in [2.45, 2.75) is 12.5 Å². The lowest BCUT2D eigenvalue weighted by Crippen LogP contribution is -2.32. The summed E-state index contributed by atoms with van der Waals surface area (Å²) in [7, 11) is 0. The molecule has 0 saturated carbocycles. The van der Waals surface area contributed by atoms with Gasteiger partial charge in [0.25, 0.3) is 0 Å². The van der Waals surface area contributed by atoms with Gasteiger partial charge in [-0.25, -0.2) is 0 Å². The number of aliphatic hydroxyl groups is 1. The number of amides is 1. The fourth-order valence-electron chi connectivity index (χ4n) is 1.17. The highest BCUT2D eigenvalue weighted by Gasteiger charge is 2.24. The van der Waals surface area contributed by atoms with Gasteiger partial charge in [-0.1, -0.05) is 0 Å². The smallest absolute Gasteiger partial charge is 0.250 e. The predicted octanol–water partition coefficient (Wildman–Crippen LogP) is -0.126. The SMILES string of the molecule is CSOCC(=O)N1CC[C@H](O)C1. The van der Waals surface area contributed by atoms with Crippen LogP contribution in [-0.4, -0.2) is 48.0 Å². The highest BCUT2D eigenvalue weighted by Crippen LogP contribution is 2.09. The maximum Gasteiger partial charge on any atom is 0.250 e. The molecule has 1 heterocycles. The first-order valence-electron chi connectivity index (χ1n) is 3.85. The Morgan fingerprint density at radius 2 is 2.58 bits per heavy atom. The Hall–Kier alpha value is -0.260. The van der Waals surface area contributed by atoms with Crippen LogP contribution in [0.15, 0.2) is 0 Å². The summed E-state index contributed by atoms with van der Waals surface area (Å²) >= 11 is 1.18. The average Bonchev–Trinajstić information content (AvgIpc) is 2.47. The fourth-order valence-corrected chi connectivity index (χ4v) is 1.39. The summed E-state index contributed by atoms with van der Waals surface area (Å²) in [5.74, 6) is -0.0408.